The zero-order valence-corrected chi connectivity index (χ0v) is 17.3. The molecule has 1 aliphatic rings. The first kappa shape index (κ1) is 20.8. The van der Waals surface area contributed by atoms with Gasteiger partial charge in [0.15, 0.2) is 11.5 Å². The summed E-state index contributed by atoms with van der Waals surface area (Å²) in [6.07, 6.45) is 1.40. The molecule has 2 amide bonds. The molecule has 0 atom stereocenters. The van der Waals surface area contributed by atoms with Gasteiger partial charge in [-0.2, -0.15) is 0 Å². The van der Waals surface area contributed by atoms with Crippen LogP contribution in [-0.2, 0) is 10.0 Å². The Balaban J connectivity index is 1.71. The SMILES string of the molecule is C=CCNS(=O)(=O)c1ccc(Br)c(C(=O)NNC(=O)c2ccc3c(c2)OCO3)c1. The van der Waals surface area contributed by atoms with Crippen LogP contribution in [0.15, 0.2) is 58.4 Å². The molecule has 0 saturated carbocycles. The first-order chi connectivity index (χ1) is 13.8. The molecule has 11 heteroatoms. The second kappa shape index (κ2) is 8.64. The molecule has 0 saturated heterocycles. The van der Waals surface area contributed by atoms with Gasteiger partial charge < -0.3 is 9.47 Å². The van der Waals surface area contributed by atoms with Gasteiger partial charge in [-0.3, -0.25) is 20.4 Å². The van der Waals surface area contributed by atoms with Crippen molar-refractivity contribution in [3.8, 4) is 11.5 Å². The van der Waals surface area contributed by atoms with Crippen LogP contribution in [0.1, 0.15) is 20.7 Å². The van der Waals surface area contributed by atoms with Crippen molar-refractivity contribution in [2.45, 2.75) is 4.90 Å². The van der Waals surface area contributed by atoms with Gasteiger partial charge >= 0.3 is 0 Å². The van der Waals surface area contributed by atoms with E-state index in [0.29, 0.717) is 16.0 Å². The third kappa shape index (κ3) is 4.75. The molecule has 2 aromatic rings. The molecule has 0 radical (unpaired) electrons. The molecule has 0 bridgehead atoms. The second-order valence-corrected chi connectivity index (χ2v) is 8.38. The number of sulfonamides is 1. The van der Waals surface area contributed by atoms with Crippen molar-refractivity contribution >= 4 is 37.8 Å². The minimum Gasteiger partial charge on any atom is -0.454 e. The summed E-state index contributed by atoms with van der Waals surface area (Å²) >= 11 is 3.20. The van der Waals surface area contributed by atoms with Gasteiger partial charge in [-0.25, -0.2) is 13.1 Å². The Hall–Kier alpha value is -2.89. The molecule has 1 heterocycles. The van der Waals surface area contributed by atoms with Crippen LogP contribution in [0.5, 0.6) is 11.5 Å². The van der Waals surface area contributed by atoms with Crippen molar-refractivity contribution in [2.75, 3.05) is 13.3 Å². The zero-order valence-electron chi connectivity index (χ0n) is 14.9. The standard InChI is InChI=1S/C18H16BrN3O6S/c1-2-7-20-29(25,26)12-4-5-14(19)13(9-12)18(24)22-21-17(23)11-3-6-15-16(8-11)28-10-27-15/h2-6,8-9,20H,1,7,10H2,(H,21,23)(H,22,24). The maximum absolute atomic E-state index is 12.4. The number of ether oxygens (including phenoxy) is 2. The van der Waals surface area contributed by atoms with Crippen molar-refractivity contribution in [3.05, 3.63) is 64.7 Å². The first-order valence-electron chi connectivity index (χ1n) is 8.22. The highest BCUT2D eigenvalue weighted by Crippen LogP contribution is 2.32. The van der Waals surface area contributed by atoms with Crippen LogP contribution >= 0.6 is 15.9 Å². The molecule has 3 N–H and O–H groups in total. The Kier molecular flexibility index (Phi) is 6.20. The van der Waals surface area contributed by atoms with Crippen molar-refractivity contribution in [2.24, 2.45) is 0 Å². The van der Waals surface area contributed by atoms with Crippen LogP contribution in [0.3, 0.4) is 0 Å². The Labute approximate surface area is 175 Å². The Morgan fingerprint density at radius 1 is 1.07 bits per heavy atom. The molecule has 0 aromatic heterocycles. The van der Waals surface area contributed by atoms with Crippen molar-refractivity contribution in [1.29, 1.82) is 0 Å². The summed E-state index contributed by atoms with van der Waals surface area (Å²) in [6, 6.07) is 8.55. The number of carbonyl (C=O) groups is 2. The number of nitrogens with one attached hydrogen (secondary N) is 3. The van der Waals surface area contributed by atoms with Gasteiger partial charge in [0.05, 0.1) is 10.5 Å². The van der Waals surface area contributed by atoms with Crippen LogP contribution in [0, 0.1) is 0 Å². The third-order valence-electron chi connectivity index (χ3n) is 3.83. The number of hydrazine groups is 1. The number of rotatable bonds is 6. The number of hydrogen-bond acceptors (Lipinski definition) is 6. The van der Waals surface area contributed by atoms with Crippen LogP contribution in [0.4, 0.5) is 0 Å². The average molecular weight is 482 g/mol. The van der Waals surface area contributed by atoms with Gasteiger partial charge in [0.25, 0.3) is 11.8 Å². The minimum atomic E-state index is -3.81. The first-order valence-corrected chi connectivity index (χ1v) is 10.5. The van der Waals surface area contributed by atoms with Gasteiger partial charge in [-0.05, 0) is 52.3 Å². The van der Waals surface area contributed by atoms with E-state index in [0.717, 1.165) is 0 Å². The molecule has 2 aromatic carbocycles. The fraction of sp³-hybridized carbons (Fsp3) is 0.111. The Morgan fingerprint density at radius 2 is 1.79 bits per heavy atom. The smallest absolute Gasteiger partial charge is 0.270 e. The molecule has 0 aliphatic carbocycles. The van der Waals surface area contributed by atoms with E-state index in [4.69, 9.17) is 9.47 Å². The topological polar surface area (TPSA) is 123 Å². The summed E-state index contributed by atoms with van der Waals surface area (Å²) in [4.78, 5) is 24.6. The van der Waals surface area contributed by atoms with E-state index in [1.807, 2.05) is 0 Å². The molecule has 3 rings (SSSR count). The molecule has 1 aliphatic heterocycles. The number of hydrogen-bond donors (Lipinski definition) is 3. The molecule has 0 spiro atoms. The third-order valence-corrected chi connectivity index (χ3v) is 5.95. The van der Waals surface area contributed by atoms with E-state index in [-0.39, 0.29) is 29.4 Å². The fourth-order valence-electron chi connectivity index (χ4n) is 2.39. The largest absolute Gasteiger partial charge is 0.454 e. The Bertz CT molecular complexity index is 1090. The van der Waals surface area contributed by atoms with E-state index < -0.39 is 21.8 Å². The van der Waals surface area contributed by atoms with Crippen LogP contribution < -0.4 is 25.0 Å². The van der Waals surface area contributed by atoms with Gasteiger partial charge in [-0.15, -0.1) is 6.58 Å². The van der Waals surface area contributed by atoms with Gasteiger partial charge in [0.2, 0.25) is 16.8 Å². The number of amides is 2. The van der Waals surface area contributed by atoms with Gasteiger partial charge in [-0.1, -0.05) is 6.08 Å². The van der Waals surface area contributed by atoms with E-state index >= 15 is 0 Å². The normalized spacial score (nSPS) is 12.3. The quantitative estimate of drug-likeness (QED) is 0.426. The zero-order chi connectivity index (χ0) is 21.0. The van der Waals surface area contributed by atoms with Gasteiger partial charge in [0, 0.05) is 16.6 Å². The molecular weight excluding hydrogens is 466 g/mol. The van der Waals surface area contributed by atoms with E-state index in [2.05, 4.69) is 38.1 Å². The summed E-state index contributed by atoms with van der Waals surface area (Å²) in [6.45, 7) is 3.57. The molecule has 29 heavy (non-hydrogen) atoms. The predicted octanol–water partition coefficient (Wildman–Crippen LogP) is 1.72. The molecular formula is C18H16BrN3O6S. The summed E-state index contributed by atoms with van der Waals surface area (Å²) in [7, 11) is -3.81. The maximum atomic E-state index is 12.4. The predicted molar refractivity (Wildman–Crippen MR) is 107 cm³/mol. The lowest BCUT2D eigenvalue weighted by Crippen LogP contribution is -2.41. The average Bonchev–Trinajstić information content (AvgIpc) is 3.18. The van der Waals surface area contributed by atoms with E-state index in [1.54, 1.807) is 6.07 Å². The monoisotopic (exact) mass is 481 g/mol. The fourth-order valence-corrected chi connectivity index (χ4v) is 3.84. The summed E-state index contributed by atoms with van der Waals surface area (Å²) in [5.74, 6) is -0.329. The highest BCUT2D eigenvalue weighted by atomic mass is 79.9. The van der Waals surface area contributed by atoms with Crippen molar-refractivity contribution in [1.82, 2.24) is 15.6 Å². The number of fused-ring (bicyclic) bond motifs is 1. The number of benzene rings is 2. The lowest BCUT2D eigenvalue weighted by atomic mass is 10.2. The Morgan fingerprint density at radius 3 is 2.55 bits per heavy atom. The number of carbonyl (C=O) groups excluding carboxylic acids is 2. The molecule has 0 fully saturated rings. The highest BCUT2D eigenvalue weighted by molar-refractivity contribution is 9.10. The van der Waals surface area contributed by atoms with Crippen molar-refractivity contribution < 1.29 is 27.5 Å². The van der Waals surface area contributed by atoms with E-state index in [9.17, 15) is 18.0 Å². The highest BCUT2D eigenvalue weighted by Gasteiger charge is 2.20. The lowest BCUT2D eigenvalue weighted by Gasteiger charge is -2.11. The minimum absolute atomic E-state index is 0.0254. The number of halogens is 1. The van der Waals surface area contributed by atoms with Crippen LogP contribution in [0.25, 0.3) is 0 Å². The maximum Gasteiger partial charge on any atom is 0.270 e. The van der Waals surface area contributed by atoms with E-state index in [1.165, 1.54) is 36.4 Å². The lowest BCUT2D eigenvalue weighted by molar-refractivity contribution is 0.0846. The molecule has 152 valence electrons. The summed E-state index contributed by atoms with van der Waals surface area (Å²) < 4.78 is 37.5. The van der Waals surface area contributed by atoms with Gasteiger partial charge in [0.1, 0.15) is 0 Å². The van der Waals surface area contributed by atoms with Crippen molar-refractivity contribution in [3.63, 3.8) is 0 Å². The second-order valence-electron chi connectivity index (χ2n) is 5.76. The summed E-state index contributed by atoms with van der Waals surface area (Å²) in [5.41, 5.74) is 4.80. The summed E-state index contributed by atoms with van der Waals surface area (Å²) in [5, 5.41) is 0. The van der Waals surface area contributed by atoms with Crippen LogP contribution in [0.2, 0.25) is 0 Å². The molecule has 0 unspecified atom stereocenters. The molecule has 9 nitrogen and oxygen atoms in total. The van der Waals surface area contributed by atoms with Crippen LogP contribution in [-0.4, -0.2) is 33.6 Å².